The molecule has 0 atom stereocenters. The number of ether oxygens (including phenoxy) is 2. The van der Waals surface area contributed by atoms with Gasteiger partial charge >= 0.3 is 0 Å². The quantitative estimate of drug-likeness (QED) is 0.525. The van der Waals surface area contributed by atoms with Gasteiger partial charge in [0.2, 0.25) is 0 Å². The van der Waals surface area contributed by atoms with Crippen molar-refractivity contribution in [2.45, 2.75) is 78.7 Å². The zero-order valence-corrected chi connectivity index (χ0v) is 19.8. The van der Waals surface area contributed by atoms with Crippen molar-refractivity contribution in [1.29, 1.82) is 0 Å². The third-order valence-electron chi connectivity index (χ3n) is 6.00. The maximum Gasteiger partial charge on any atom is 0.122 e. The van der Waals surface area contributed by atoms with Gasteiger partial charge in [0.05, 0.1) is 0 Å². The van der Waals surface area contributed by atoms with Gasteiger partial charge in [-0.05, 0) is 40.5 Å². The van der Waals surface area contributed by atoms with Crippen LogP contribution in [-0.4, -0.2) is 47.2 Å². The van der Waals surface area contributed by atoms with E-state index in [1.807, 2.05) is 52.0 Å². The molecule has 2 aromatic rings. The van der Waals surface area contributed by atoms with Gasteiger partial charge in [-0.2, -0.15) is 0 Å². The fourth-order valence-corrected chi connectivity index (χ4v) is 4.60. The maximum atomic E-state index is 6.11. The molecule has 1 aliphatic rings. The lowest BCUT2D eigenvalue weighted by molar-refractivity contribution is 0.117. The molecule has 2 heterocycles. The summed E-state index contributed by atoms with van der Waals surface area (Å²) in [7, 11) is 0. The SMILES string of the molecule is Cc1cc(OCCN(CCOc2cc(C)nc(C)c2)C2CCCCCCC2)cc(C)n1. The van der Waals surface area contributed by atoms with Crippen molar-refractivity contribution in [2.24, 2.45) is 0 Å². The molecular weight excluding hydrogens is 386 g/mol. The van der Waals surface area contributed by atoms with Crippen LogP contribution in [0.25, 0.3) is 0 Å². The van der Waals surface area contributed by atoms with E-state index in [4.69, 9.17) is 9.47 Å². The van der Waals surface area contributed by atoms with Crippen LogP contribution >= 0.6 is 0 Å². The van der Waals surface area contributed by atoms with E-state index in [9.17, 15) is 0 Å². The van der Waals surface area contributed by atoms with Crippen molar-refractivity contribution in [3.05, 3.63) is 47.0 Å². The number of rotatable bonds is 9. The van der Waals surface area contributed by atoms with Gasteiger partial charge in [-0.3, -0.25) is 14.9 Å². The summed E-state index contributed by atoms with van der Waals surface area (Å²) < 4.78 is 12.2. The summed E-state index contributed by atoms with van der Waals surface area (Å²) >= 11 is 0. The Morgan fingerprint density at radius 2 is 1.06 bits per heavy atom. The molecule has 5 heteroatoms. The molecule has 0 radical (unpaired) electrons. The summed E-state index contributed by atoms with van der Waals surface area (Å²) in [6.45, 7) is 11.3. The topological polar surface area (TPSA) is 47.5 Å². The van der Waals surface area contributed by atoms with Crippen molar-refractivity contribution in [3.8, 4) is 11.5 Å². The second kappa shape index (κ2) is 12.0. The first kappa shape index (κ1) is 23.5. The number of aryl methyl sites for hydroxylation is 4. The average molecular weight is 426 g/mol. The average Bonchev–Trinajstić information content (AvgIpc) is 2.65. The Morgan fingerprint density at radius 3 is 1.48 bits per heavy atom. The summed E-state index contributed by atoms with van der Waals surface area (Å²) in [5, 5.41) is 0. The Balaban J connectivity index is 1.58. The number of aromatic nitrogens is 2. The molecule has 1 fully saturated rings. The van der Waals surface area contributed by atoms with Crippen LogP contribution in [0.1, 0.15) is 67.7 Å². The van der Waals surface area contributed by atoms with E-state index in [1.165, 1.54) is 44.9 Å². The molecule has 0 unspecified atom stereocenters. The minimum Gasteiger partial charge on any atom is -0.492 e. The molecule has 3 rings (SSSR count). The highest BCUT2D eigenvalue weighted by atomic mass is 16.5. The van der Waals surface area contributed by atoms with Crippen molar-refractivity contribution >= 4 is 0 Å². The molecule has 0 amide bonds. The van der Waals surface area contributed by atoms with E-state index in [0.717, 1.165) is 47.4 Å². The van der Waals surface area contributed by atoms with Gasteiger partial charge in [-0.25, -0.2) is 0 Å². The minimum absolute atomic E-state index is 0.620. The van der Waals surface area contributed by atoms with E-state index in [-0.39, 0.29) is 0 Å². The largest absolute Gasteiger partial charge is 0.492 e. The van der Waals surface area contributed by atoms with E-state index < -0.39 is 0 Å². The zero-order chi connectivity index (χ0) is 22.1. The van der Waals surface area contributed by atoms with E-state index in [1.54, 1.807) is 0 Å². The highest BCUT2D eigenvalue weighted by Gasteiger charge is 2.19. The Labute approximate surface area is 188 Å². The molecule has 0 bridgehead atoms. The lowest BCUT2D eigenvalue weighted by atomic mass is 9.95. The van der Waals surface area contributed by atoms with Crippen LogP contribution in [0.2, 0.25) is 0 Å². The standard InChI is InChI=1S/C26H39N3O2/c1-20-16-25(17-21(2)27-20)30-14-12-29(24-10-8-6-5-7-9-11-24)13-15-31-26-18-22(3)28-23(4)19-26/h16-19,24H,5-15H2,1-4H3. The van der Waals surface area contributed by atoms with Crippen LogP contribution < -0.4 is 9.47 Å². The van der Waals surface area contributed by atoms with E-state index >= 15 is 0 Å². The molecule has 1 saturated carbocycles. The Kier molecular flexibility index (Phi) is 9.13. The zero-order valence-electron chi connectivity index (χ0n) is 19.8. The van der Waals surface area contributed by atoms with Crippen LogP contribution in [0.5, 0.6) is 11.5 Å². The second-order valence-corrected chi connectivity index (χ2v) is 8.90. The van der Waals surface area contributed by atoms with Gasteiger partial charge < -0.3 is 9.47 Å². The Bertz CT molecular complexity index is 718. The molecule has 0 aromatic carbocycles. The van der Waals surface area contributed by atoms with Crippen molar-refractivity contribution in [3.63, 3.8) is 0 Å². The fraction of sp³-hybridized carbons (Fsp3) is 0.615. The third-order valence-corrected chi connectivity index (χ3v) is 6.00. The Morgan fingerprint density at radius 1 is 0.677 bits per heavy atom. The molecule has 0 saturated heterocycles. The van der Waals surface area contributed by atoms with Gasteiger partial charge in [0.1, 0.15) is 24.7 Å². The fourth-order valence-electron chi connectivity index (χ4n) is 4.60. The number of hydrogen-bond donors (Lipinski definition) is 0. The van der Waals surface area contributed by atoms with Crippen molar-refractivity contribution < 1.29 is 9.47 Å². The molecule has 2 aromatic heterocycles. The molecular formula is C26H39N3O2. The molecule has 31 heavy (non-hydrogen) atoms. The van der Waals surface area contributed by atoms with Gasteiger partial charge in [-0.15, -0.1) is 0 Å². The predicted molar refractivity (Wildman–Crippen MR) is 126 cm³/mol. The lowest BCUT2D eigenvalue weighted by Crippen LogP contribution is -2.41. The van der Waals surface area contributed by atoms with Crippen molar-refractivity contribution in [1.82, 2.24) is 14.9 Å². The summed E-state index contributed by atoms with van der Waals surface area (Å²) in [6.07, 6.45) is 9.33. The molecule has 170 valence electrons. The lowest BCUT2D eigenvalue weighted by Gasteiger charge is -2.33. The molecule has 1 aliphatic carbocycles. The first-order valence-electron chi connectivity index (χ1n) is 11.9. The van der Waals surface area contributed by atoms with Crippen LogP contribution in [-0.2, 0) is 0 Å². The van der Waals surface area contributed by atoms with Crippen molar-refractivity contribution in [2.75, 3.05) is 26.3 Å². The van der Waals surface area contributed by atoms with Crippen LogP contribution in [0, 0.1) is 27.7 Å². The van der Waals surface area contributed by atoms with Crippen LogP contribution in [0.15, 0.2) is 24.3 Å². The third kappa shape index (κ3) is 8.13. The smallest absolute Gasteiger partial charge is 0.122 e. The second-order valence-electron chi connectivity index (χ2n) is 8.90. The van der Waals surface area contributed by atoms with E-state index in [0.29, 0.717) is 19.3 Å². The predicted octanol–water partition coefficient (Wildman–Crippen LogP) is 5.58. The van der Waals surface area contributed by atoms with Gasteiger partial charge in [0.15, 0.2) is 0 Å². The molecule has 0 spiro atoms. The number of nitrogens with zero attached hydrogens (tertiary/aromatic N) is 3. The van der Waals surface area contributed by atoms with E-state index in [2.05, 4.69) is 14.9 Å². The monoisotopic (exact) mass is 425 g/mol. The summed E-state index contributed by atoms with van der Waals surface area (Å²) in [5.41, 5.74) is 4.01. The van der Waals surface area contributed by atoms with Crippen LogP contribution in [0.3, 0.4) is 0 Å². The van der Waals surface area contributed by atoms with Gasteiger partial charge in [-0.1, -0.05) is 32.1 Å². The van der Waals surface area contributed by atoms with Gasteiger partial charge in [0.25, 0.3) is 0 Å². The first-order valence-corrected chi connectivity index (χ1v) is 11.9. The summed E-state index contributed by atoms with van der Waals surface area (Å²) in [5.74, 6) is 1.84. The first-order chi connectivity index (χ1) is 15.0. The number of pyridine rings is 2. The van der Waals surface area contributed by atoms with Gasteiger partial charge in [0, 0.05) is 66.2 Å². The molecule has 0 N–H and O–H groups in total. The summed E-state index contributed by atoms with van der Waals surface area (Å²) in [6, 6.07) is 8.69. The summed E-state index contributed by atoms with van der Waals surface area (Å²) in [4.78, 5) is 11.5. The number of hydrogen-bond acceptors (Lipinski definition) is 5. The molecule has 0 aliphatic heterocycles. The highest BCUT2D eigenvalue weighted by Crippen LogP contribution is 2.22. The Hall–Kier alpha value is -2.14. The van der Waals surface area contributed by atoms with Crippen LogP contribution in [0.4, 0.5) is 0 Å². The highest BCUT2D eigenvalue weighted by molar-refractivity contribution is 5.26. The normalized spacial score (nSPS) is 15.5. The maximum absolute atomic E-state index is 6.11. The molecule has 5 nitrogen and oxygen atoms in total. The minimum atomic E-state index is 0.620.